The number of nitrogens with zero attached hydrogens (tertiary/aromatic N) is 4. The van der Waals surface area contributed by atoms with Crippen molar-refractivity contribution < 1.29 is 8.42 Å². The number of hydrogen-bond donors (Lipinski definition) is 1. The number of aromatic nitrogens is 4. The van der Waals surface area contributed by atoms with Gasteiger partial charge in [-0.05, 0) is 6.42 Å². The molecule has 3 aromatic heterocycles. The van der Waals surface area contributed by atoms with Gasteiger partial charge < -0.3 is 4.57 Å². The number of fused-ring (bicyclic) bond motifs is 1. The van der Waals surface area contributed by atoms with E-state index in [9.17, 15) is 8.42 Å². The summed E-state index contributed by atoms with van der Waals surface area (Å²) in [5.41, 5.74) is 0. The van der Waals surface area contributed by atoms with Crippen LogP contribution in [0.5, 0.6) is 0 Å². The van der Waals surface area contributed by atoms with Crippen LogP contribution >= 0.6 is 22.9 Å². The molecule has 7 nitrogen and oxygen atoms in total. The Morgan fingerprint density at radius 2 is 2.24 bits per heavy atom. The highest BCUT2D eigenvalue weighted by molar-refractivity contribution is 7.89. The van der Waals surface area contributed by atoms with Crippen molar-refractivity contribution >= 4 is 37.9 Å². The highest BCUT2D eigenvalue weighted by Crippen LogP contribution is 2.25. The molecule has 0 spiro atoms. The average molecular weight is 346 g/mol. The Morgan fingerprint density at radius 1 is 1.38 bits per heavy atom. The minimum Gasteiger partial charge on any atom is -0.337 e. The molecule has 0 saturated heterocycles. The van der Waals surface area contributed by atoms with E-state index in [2.05, 4.69) is 14.7 Å². The van der Waals surface area contributed by atoms with Crippen LogP contribution in [0.1, 0.15) is 6.42 Å². The SMILES string of the molecule is O=S(=O)(NCCCn1ccnc1)c1c(Cl)nc2sccn12. The van der Waals surface area contributed by atoms with E-state index in [1.807, 2.05) is 10.8 Å². The number of aryl methyl sites for hydroxylation is 1. The van der Waals surface area contributed by atoms with Gasteiger partial charge >= 0.3 is 0 Å². The largest absolute Gasteiger partial charge is 0.337 e. The van der Waals surface area contributed by atoms with E-state index < -0.39 is 10.0 Å². The first-order valence-corrected chi connectivity index (χ1v) is 8.88. The maximum Gasteiger partial charge on any atom is 0.259 e. The van der Waals surface area contributed by atoms with Crippen LogP contribution < -0.4 is 4.72 Å². The molecule has 0 aromatic carbocycles. The van der Waals surface area contributed by atoms with Crippen molar-refractivity contribution in [2.75, 3.05) is 6.54 Å². The first kappa shape index (κ1) is 14.5. The zero-order valence-electron chi connectivity index (χ0n) is 10.8. The summed E-state index contributed by atoms with van der Waals surface area (Å²) in [4.78, 5) is 8.50. The zero-order valence-corrected chi connectivity index (χ0v) is 13.2. The van der Waals surface area contributed by atoms with Crippen molar-refractivity contribution in [3.8, 4) is 0 Å². The Morgan fingerprint density at radius 3 is 3.00 bits per heavy atom. The van der Waals surface area contributed by atoms with Crippen LogP contribution in [0, 0.1) is 0 Å². The van der Waals surface area contributed by atoms with Gasteiger partial charge in [-0.15, -0.1) is 11.3 Å². The van der Waals surface area contributed by atoms with Crippen LogP contribution in [0.25, 0.3) is 4.96 Å². The Kier molecular flexibility index (Phi) is 3.98. The molecular weight excluding hydrogens is 334 g/mol. The van der Waals surface area contributed by atoms with Gasteiger partial charge in [0, 0.05) is 37.1 Å². The quantitative estimate of drug-likeness (QED) is 0.688. The van der Waals surface area contributed by atoms with E-state index in [4.69, 9.17) is 11.6 Å². The number of rotatable bonds is 6. The van der Waals surface area contributed by atoms with Crippen molar-refractivity contribution in [3.63, 3.8) is 0 Å². The molecule has 0 fully saturated rings. The smallest absolute Gasteiger partial charge is 0.259 e. The van der Waals surface area contributed by atoms with E-state index in [0.717, 1.165) is 0 Å². The predicted molar refractivity (Wildman–Crippen MR) is 80.1 cm³/mol. The monoisotopic (exact) mass is 345 g/mol. The number of thiazole rings is 1. The van der Waals surface area contributed by atoms with Crippen molar-refractivity contribution in [1.29, 1.82) is 0 Å². The number of nitrogens with one attached hydrogen (secondary N) is 1. The second-order valence-electron chi connectivity index (χ2n) is 4.32. The highest BCUT2D eigenvalue weighted by Gasteiger charge is 2.24. The molecule has 0 aliphatic carbocycles. The average Bonchev–Trinajstić information content (AvgIpc) is 3.10. The van der Waals surface area contributed by atoms with Crippen molar-refractivity contribution in [2.45, 2.75) is 18.0 Å². The molecule has 3 heterocycles. The van der Waals surface area contributed by atoms with E-state index in [-0.39, 0.29) is 10.2 Å². The molecule has 21 heavy (non-hydrogen) atoms. The summed E-state index contributed by atoms with van der Waals surface area (Å²) in [6, 6.07) is 0. The van der Waals surface area contributed by atoms with Crippen LogP contribution in [0.15, 0.2) is 35.3 Å². The molecule has 0 bridgehead atoms. The molecule has 0 unspecified atom stereocenters. The van der Waals surface area contributed by atoms with Crippen molar-refractivity contribution in [2.24, 2.45) is 0 Å². The van der Waals surface area contributed by atoms with E-state index in [1.54, 1.807) is 24.1 Å². The standard InChI is InChI=1S/C11H12ClN5O2S2/c12-9-10(17-6-7-20-11(17)15-9)21(18,19)14-2-1-4-16-5-3-13-8-16/h3,5-8,14H,1-2,4H2. The minimum atomic E-state index is -3.68. The van der Waals surface area contributed by atoms with Gasteiger partial charge in [0.05, 0.1) is 6.33 Å². The Hall–Kier alpha value is -1.42. The molecule has 0 amide bonds. The lowest BCUT2D eigenvalue weighted by Crippen LogP contribution is -2.26. The van der Waals surface area contributed by atoms with Crippen LogP contribution in [-0.4, -0.2) is 33.9 Å². The molecule has 0 radical (unpaired) electrons. The van der Waals surface area contributed by atoms with Gasteiger partial charge in [0.25, 0.3) is 10.0 Å². The fourth-order valence-electron chi connectivity index (χ4n) is 1.93. The van der Waals surface area contributed by atoms with Crippen LogP contribution in [0.3, 0.4) is 0 Å². The summed E-state index contributed by atoms with van der Waals surface area (Å²) in [6.45, 7) is 1.00. The first-order valence-electron chi connectivity index (χ1n) is 6.14. The summed E-state index contributed by atoms with van der Waals surface area (Å²) < 4.78 is 30.5. The lowest BCUT2D eigenvalue weighted by Gasteiger charge is -2.06. The van der Waals surface area contributed by atoms with Gasteiger partial charge in [-0.2, -0.15) is 0 Å². The Balaban J connectivity index is 1.69. The zero-order chi connectivity index (χ0) is 14.9. The Bertz CT molecular complexity index is 837. The number of sulfonamides is 1. The number of hydrogen-bond acceptors (Lipinski definition) is 5. The molecule has 0 aliphatic heterocycles. The minimum absolute atomic E-state index is 0.0102. The van der Waals surface area contributed by atoms with Crippen molar-refractivity contribution in [3.05, 3.63) is 35.5 Å². The van der Waals surface area contributed by atoms with Gasteiger partial charge in [0.15, 0.2) is 15.1 Å². The third kappa shape index (κ3) is 2.95. The maximum atomic E-state index is 12.3. The number of halogens is 1. The van der Waals surface area contributed by atoms with Gasteiger partial charge in [-0.3, -0.25) is 4.40 Å². The molecule has 0 atom stereocenters. The second kappa shape index (κ2) is 5.76. The summed E-state index contributed by atoms with van der Waals surface area (Å²) in [6.07, 6.45) is 7.50. The van der Waals surface area contributed by atoms with Crippen molar-refractivity contribution in [1.82, 2.24) is 23.7 Å². The Labute approximate surface area is 130 Å². The highest BCUT2D eigenvalue weighted by atomic mass is 35.5. The van der Waals surface area contributed by atoms with Crippen LogP contribution in [0.2, 0.25) is 5.15 Å². The molecule has 3 rings (SSSR count). The normalized spacial score (nSPS) is 12.2. The van der Waals surface area contributed by atoms with Gasteiger partial charge in [0.2, 0.25) is 0 Å². The molecule has 0 aliphatic rings. The molecule has 112 valence electrons. The second-order valence-corrected chi connectivity index (χ2v) is 7.23. The van der Waals surface area contributed by atoms with E-state index in [1.165, 1.54) is 15.7 Å². The fourth-order valence-corrected chi connectivity index (χ4v) is 4.46. The van der Waals surface area contributed by atoms with Gasteiger partial charge in [-0.1, -0.05) is 11.6 Å². The number of imidazole rings is 2. The predicted octanol–water partition coefficient (Wildman–Crippen LogP) is 1.61. The third-order valence-corrected chi connectivity index (χ3v) is 5.49. The summed E-state index contributed by atoms with van der Waals surface area (Å²) in [5.74, 6) is 0. The molecule has 0 saturated carbocycles. The van der Waals surface area contributed by atoms with Crippen LogP contribution in [0.4, 0.5) is 0 Å². The molecule has 3 aromatic rings. The van der Waals surface area contributed by atoms with E-state index >= 15 is 0 Å². The first-order chi connectivity index (χ1) is 10.1. The topological polar surface area (TPSA) is 81.3 Å². The molecule has 1 N–H and O–H groups in total. The molecular formula is C11H12ClN5O2S2. The summed E-state index contributed by atoms with van der Waals surface area (Å²) in [7, 11) is -3.68. The summed E-state index contributed by atoms with van der Waals surface area (Å²) in [5, 5.41) is 1.74. The maximum absolute atomic E-state index is 12.3. The molecule has 10 heteroatoms. The van der Waals surface area contributed by atoms with Gasteiger partial charge in [0.1, 0.15) is 0 Å². The lowest BCUT2D eigenvalue weighted by molar-refractivity contribution is 0.565. The summed E-state index contributed by atoms with van der Waals surface area (Å²) >= 11 is 7.26. The van der Waals surface area contributed by atoms with Crippen LogP contribution in [-0.2, 0) is 16.6 Å². The third-order valence-electron chi connectivity index (χ3n) is 2.88. The fraction of sp³-hybridized carbons (Fsp3) is 0.273. The van der Waals surface area contributed by atoms with E-state index in [0.29, 0.717) is 24.5 Å². The lowest BCUT2D eigenvalue weighted by atomic mass is 10.4. The van der Waals surface area contributed by atoms with Gasteiger partial charge in [-0.25, -0.2) is 23.1 Å².